The second kappa shape index (κ2) is 10.6. The lowest BCUT2D eigenvalue weighted by Gasteiger charge is -2.10. The first kappa shape index (κ1) is 22.9. The fourth-order valence-corrected chi connectivity index (χ4v) is 3.15. The molecule has 0 spiro atoms. The number of hydrazine groups is 1. The molecule has 0 bridgehead atoms. The van der Waals surface area contributed by atoms with Gasteiger partial charge in [0, 0.05) is 16.1 Å². The van der Waals surface area contributed by atoms with Crippen LogP contribution in [0, 0.1) is 6.92 Å². The van der Waals surface area contributed by atoms with Gasteiger partial charge in [-0.05, 0) is 53.6 Å². The predicted octanol–water partition coefficient (Wildman–Crippen LogP) is 3.19. The van der Waals surface area contributed by atoms with E-state index in [0.717, 1.165) is 16.7 Å². The average Bonchev–Trinajstić information content (AvgIpc) is 3.33. The van der Waals surface area contributed by atoms with Gasteiger partial charge in [-0.1, -0.05) is 54.1 Å². The van der Waals surface area contributed by atoms with E-state index in [2.05, 4.69) is 26.3 Å². The molecule has 4 rings (SSSR count). The maximum absolute atomic E-state index is 12.3. The number of aryl methyl sites for hydroxylation is 1. The molecule has 0 radical (unpaired) electrons. The van der Waals surface area contributed by atoms with Gasteiger partial charge in [0.2, 0.25) is 5.82 Å². The zero-order valence-corrected chi connectivity index (χ0v) is 19.0. The molecule has 0 saturated heterocycles. The Morgan fingerprint density at radius 3 is 2.50 bits per heavy atom. The molecule has 1 heterocycles. The maximum atomic E-state index is 12.3. The topological polar surface area (TPSA) is 111 Å². The van der Waals surface area contributed by atoms with E-state index in [-0.39, 0.29) is 6.61 Å². The molecule has 0 fully saturated rings. The summed E-state index contributed by atoms with van der Waals surface area (Å²) in [6.07, 6.45) is 0. The van der Waals surface area contributed by atoms with Crippen LogP contribution in [0.4, 0.5) is 0 Å². The number of tetrazole rings is 1. The summed E-state index contributed by atoms with van der Waals surface area (Å²) in [5.41, 5.74) is 7.70. The molecule has 2 amide bonds. The van der Waals surface area contributed by atoms with Crippen LogP contribution >= 0.6 is 11.6 Å². The third-order valence-electron chi connectivity index (χ3n) is 4.84. The van der Waals surface area contributed by atoms with Crippen molar-refractivity contribution in [2.75, 3.05) is 6.61 Å². The van der Waals surface area contributed by atoms with Crippen molar-refractivity contribution >= 4 is 23.4 Å². The highest BCUT2D eigenvalue weighted by Crippen LogP contribution is 2.20. The maximum Gasteiger partial charge on any atom is 0.276 e. The molecule has 1 aromatic heterocycles. The van der Waals surface area contributed by atoms with Gasteiger partial charge in [-0.3, -0.25) is 20.4 Å². The molecule has 4 aromatic rings. The molecule has 172 valence electrons. The second-order valence-electron chi connectivity index (χ2n) is 7.41. The van der Waals surface area contributed by atoms with Crippen molar-refractivity contribution in [3.05, 3.63) is 94.5 Å². The molecule has 0 unspecified atom stereocenters. The Morgan fingerprint density at radius 2 is 1.76 bits per heavy atom. The lowest BCUT2D eigenvalue weighted by atomic mass is 10.1. The molecule has 0 aliphatic rings. The lowest BCUT2D eigenvalue weighted by molar-refractivity contribution is -0.123. The second-order valence-corrected chi connectivity index (χ2v) is 7.82. The van der Waals surface area contributed by atoms with E-state index in [1.54, 1.807) is 42.5 Å². The Kier molecular flexibility index (Phi) is 7.14. The van der Waals surface area contributed by atoms with Gasteiger partial charge in [0.25, 0.3) is 11.8 Å². The molecule has 0 aliphatic heterocycles. The minimum atomic E-state index is -0.496. The van der Waals surface area contributed by atoms with E-state index in [0.29, 0.717) is 28.7 Å². The number of nitrogens with one attached hydrogen (secondary N) is 2. The summed E-state index contributed by atoms with van der Waals surface area (Å²) < 4.78 is 5.40. The van der Waals surface area contributed by atoms with Crippen LogP contribution in [-0.2, 0) is 11.3 Å². The number of halogens is 1. The number of hydrogen-bond donors (Lipinski definition) is 2. The van der Waals surface area contributed by atoms with Gasteiger partial charge >= 0.3 is 0 Å². The molecule has 0 atom stereocenters. The number of benzene rings is 3. The van der Waals surface area contributed by atoms with E-state index < -0.39 is 11.8 Å². The highest BCUT2D eigenvalue weighted by atomic mass is 35.5. The van der Waals surface area contributed by atoms with Gasteiger partial charge in [-0.15, -0.1) is 10.2 Å². The number of carbonyl (C=O) groups excluding carboxylic acids is 2. The van der Waals surface area contributed by atoms with Crippen LogP contribution < -0.4 is 15.6 Å². The zero-order chi connectivity index (χ0) is 23.9. The third kappa shape index (κ3) is 5.96. The third-order valence-corrected chi connectivity index (χ3v) is 5.26. The van der Waals surface area contributed by atoms with Gasteiger partial charge in [-0.25, -0.2) is 0 Å². The molecule has 34 heavy (non-hydrogen) atoms. The van der Waals surface area contributed by atoms with Crippen LogP contribution in [0.1, 0.15) is 21.5 Å². The molecular formula is C24H21ClN6O3. The van der Waals surface area contributed by atoms with E-state index >= 15 is 0 Å². The molecule has 0 saturated carbocycles. The monoisotopic (exact) mass is 476 g/mol. The molecule has 2 N–H and O–H groups in total. The van der Waals surface area contributed by atoms with Crippen LogP contribution in [0.5, 0.6) is 5.75 Å². The van der Waals surface area contributed by atoms with Crippen molar-refractivity contribution in [2.45, 2.75) is 13.5 Å². The van der Waals surface area contributed by atoms with Crippen molar-refractivity contribution in [3.63, 3.8) is 0 Å². The Bertz CT molecular complexity index is 1290. The summed E-state index contributed by atoms with van der Waals surface area (Å²) in [6.45, 7) is 1.99. The Morgan fingerprint density at radius 1 is 1.00 bits per heavy atom. The number of carbonyl (C=O) groups is 2. The number of amides is 2. The van der Waals surface area contributed by atoms with Gasteiger partial charge in [0.1, 0.15) is 5.75 Å². The standard InChI is InChI=1S/C24H21ClN6O3/c1-16-13-20(11-12-21(16)25)34-15-22(32)26-28-24(33)19-9-7-17(8-10-19)14-31-29-23(27-30-31)18-5-3-2-4-6-18/h2-13H,14-15H2,1H3,(H,26,32)(H,28,33). The van der Waals surface area contributed by atoms with E-state index in [1.165, 1.54) is 4.80 Å². The van der Waals surface area contributed by atoms with Crippen molar-refractivity contribution in [2.24, 2.45) is 0 Å². The molecule has 0 aliphatic carbocycles. The summed E-state index contributed by atoms with van der Waals surface area (Å²) >= 11 is 5.97. The van der Waals surface area contributed by atoms with Crippen molar-refractivity contribution in [1.82, 2.24) is 31.1 Å². The fourth-order valence-electron chi connectivity index (χ4n) is 3.03. The Labute approximate surface area is 200 Å². The van der Waals surface area contributed by atoms with Gasteiger partial charge in [0.15, 0.2) is 6.61 Å². The smallest absolute Gasteiger partial charge is 0.276 e. The van der Waals surface area contributed by atoms with Crippen LogP contribution in [0.2, 0.25) is 5.02 Å². The lowest BCUT2D eigenvalue weighted by Crippen LogP contribution is -2.43. The molecule has 9 nitrogen and oxygen atoms in total. The summed E-state index contributed by atoms with van der Waals surface area (Å²) in [4.78, 5) is 25.8. The molecule has 3 aromatic carbocycles. The van der Waals surface area contributed by atoms with E-state index in [9.17, 15) is 9.59 Å². The molecular weight excluding hydrogens is 456 g/mol. The minimum Gasteiger partial charge on any atom is -0.484 e. The Hall–Kier alpha value is -4.24. The van der Waals surface area contributed by atoms with E-state index in [4.69, 9.17) is 16.3 Å². The number of hydrogen-bond acceptors (Lipinski definition) is 6. The quantitative estimate of drug-likeness (QED) is 0.396. The largest absolute Gasteiger partial charge is 0.484 e. The number of rotatable bonds is 7. The van der Waals surface area contributed by atoms with E-state index in [1.807, 2.05) is 37.3 Å². The van der Waals surface area contributed by atoms with Gasteiger partial charge in [0.05, 0.1) is 6.54 Å². The van der Waals surface area contributed by atoms with Crippen molar-refractivity contribution < 1.29 is 14.3 Å². The minimum absolute atomic E-state index is 0.254. The SMILES string of the molecule is Cc1cc(OCC(=O)NNC(=O)c2ccc(Cn3nnc(-c4ccccc4)n3)cc2)ccc1Cl. The summed E-state index contributed by atoms with van der Waals surface area (Å²) in [5.74, 6) is 0.107. The Balaban J connectivity index is 1.25. The normalized spacial score (nSPS) is 10.5. The van der Waals surface area contributed by atoms with Gasteiger partial charge < -0.3 is 4.74 Å². The van der Waals surface area contributed by atoms with Crippen LogP contribution in [0.3, 0.4) is 0 Å². The first-order valence-electron chi connectivity index (χ1n) is 10.4. The first-order chi connectivity index (χ1) is 16.5. The number of aromatic nitrogens is 4. The predicted molar refractivity (Wildman–Crippen MR) is 126 cm³/mol. The van der Waals surface area contributed by atoms with Crippen LogP contribution in [0.25, 0.3) is 11.4 Å². The van der Waals surface area contributed by atoms with Crippen LogP contribution in [-0.4, -0.2) is 38.6 Å². The van der Waals surface area contributed by atoms with Crippen molar-refractivity contribution in [1.29, 1.82) is 0 Å². The van der Waals surface area contributed by atoms with Crippen molar-refractivity contribution in [3.8, 4) is 17.1 Å². The highest BCUT2D eigenvalue weighted by molar-refractivity contribution is 6.31. The number of ether oxygens (including phenoxy) is 1. The molecule has 10 heteroatoms. The fraction of sp³-hybridized carbons (Fsp3) is 0.125. The first-order valence-corrected chi connectivity index (χ1v) is 10.8. The van der Waals surface area contributed by atoms with Gasteiger partial charge in [-0.2, -0.15) is 4.80 Å². The highest BCUT2D eigenvalue weighted by Gasteiger charge is 2.10. The zero-order valence-electron chi connectivity index (χ0n) is 18.2. The van der Waals surface area contributed by atoms with Crippen LogP contribution in [0.15, 0.2) is 72.8 Å². The average molecular weight is 477 g/mol. The summed E-state index contributed by atoms with van der Waals surface area (Å²) in [6, 6.07) is 21.5. The summed E-state index contributed by atoms with van der Waals surface area (Å²) in [7, 11) is 0. The number of nitrogens with zero attached hydrogens (tertiary/aromatic N) is 4. The summed E-state index contributed by atoms with van der Waals surface area (Å²) in [5, 5.41) is 13.1.